The number of thiazole rings is 1. The number of carbonyl (C=O) groups is 1. The van der Waals surface area contributed by atoms with E-state index in [0.29, 0.717) is 11.6 Å². The molecule has 2 aromatic rings. The fourth-order valence-electron chi connectivity index (χ4n) is 1.42. The van der Waals surface area contributed by atoms with Gasteiger partial charge in [0.25, 0.3) is 0 Å². The van der Waals surface area contributed by atoms with E-state index in [9.17, 15) is 4.79 Å². The molecule has 0 unspecified atom stereocenters. The zero-order chi connectivity index (χ0) is 12.5. The molecule has 0 saturated heterocycles. The number of aliphatic carboxylic acids is 1. The normalized spacial score (nSPS) is 14.9. The van der Waals surface area contributed by atoms with Crippen molar-refractivity contribution in [1.82, 2.24) is 14.3 Å². The minimum absolute atomic E-state index is 0.0273. The number of carboxylic acid groups (broad SMARTS) is 1. The lowest BCUT2D eigenvalue weighted by Gasteiger charge is -1.89. The van der Waals surface area contributed by atoms with E-state index in [4.69, 9.17) is 5.11 Å². The maximum Gasteiger partial charge on any atom is 0.309 e. The van der Waals surface area contributed by atoms with Gasteiger partial charge in [-0.25, -0.2) is 9.97 Å². The zero-order valence-electron chi connectivity index (χ0n) is 9.20. The molecule has 2 heterocycles. The lowest BCUT2D eigenvalue weighted by atomic mass is 10.3. The van der Waals surface area contributed by atoms with E-state index in [1.807, 2.05) is 0 Å². The summed E-state index contributed by atoms with van der Waals surface area (Å²) in [6, 6.07) is 0. The highest BCUT2D eigenvalue weighted by Crippen LogP contribution is 2.40. The van der Waals surface area contributed by atoms with Crippen LogP contribution in [0, 0.1) is 0 Å². The SMILES string of the molecule is O=C(O)Cc1csc(Sc2nc(C3CC3)ns2)n1. The van der Waals surface area contributed by atoms with Crippen molar-refractivity contribution in [2.24, 2.45) is 0 Å². The first kappa shape index (κ1) is 12.1. The van der Waals surface area contributed by atoms with Crippen LogP contribution in [-0.4, -0.2) is 25.4 Å². The van der Waals surface area contributed by atoms with Crippen LogP contribution in [0.25, 0.3) is 0 Å². The van der Waals surface area contributed by atoms with Crippen molar-refractivity contribution in [1.29, 1.82) is 0 Å². The van der Waals surface area contributed by atoms with Gasteiger partial charge in [-0.15, -0.1) is 11.3 Å². The quantitative estimate of drug-likeness (QED) is 0.914. The molecule has 1 N–H and O–H groups in total. The predicted octanol–water partition coefficient (Wildman–Crippen LogP) is 2.65. The third-order valence-corrected chi connectivity index (χ3v) is 5.16. The molecule has 5 nitrogen and oxygen atoms in total. The van der Waals surface area contributed by atoms with E-state index in [2.05, 4.69) is 14.3 Å². The third-order valence-electron chi connectivity index (χ3n) is 2.40. The molecule has 18 heavy (non-hydrogen) atoms. The minimum atomic E-state index is -0.858. The van der Waals surface area contributed by atoms with E-state index in [-0.39, 0.29) is 6.42 Å². The lowest BCUT2D eigenvalue weighted by molar-refractivity contribution is -0.136. The highest BCUT2D eigenvalue weighted by molar-refractivity contribution is 8.02. The fourth-order valence-corrected chi connectivity index (χ4v) is 4.13. The summed E-state index contributed by atoms with van der Waals surface area (Å²) in [5.74, 6) is 0.656. The molecule has 94 valence electrons. The number of hydrogen-bond donors (Lipinski definition) is 1. The number of carboxylic acids is 1. The van der Waals surface area contributed by atoms with Crippen molar-refractivity contribution in [3.63, 3.8) is 0 Å². The summed E-state index contributed by atoms with van der Waals surface area (Å²) in [6.45, 7) is 0. The summed E-state index contributed by atoms with van der Waals surface area (Å²) >= 11 is 4.30. The van der Waals surface area contributed by atoms with Gasteiger partial charge in [-0.05, 0) is 36.1 Å². The van der Waals surface area contributed by atoms with E-state index in [0.717, 1.165) is 14.5 Å². The van der Waals surface area contributed by atoms with Gasteiger partial charge in [-0.1, -0.05) is 0 Å². The maximum absolute atomic E-state index is 10.6. The third kappa shape index (κ3) is 2.88. The molecule has 0 aliphatic heterocycles. The van der Waals surface area contributed by atoms with Crippen LogP contribution in [0.15, 0.2) is 14.1 Å². The molecule has 0 atom stereocenters. The number of rotatable bonds is 5. The van der Waals surface area contributed by atoms with Crippen molar-refractivity contribution >= 4 is 40.6 Å². The van der Waals surface area contributed by atoms with E-state index >= 15 is 0 Å². The van der Waals surface area contributed by atoms with Gasteiger partial charge in [0.2, 0.25) is 0 Å². The zero-order valence-corrected chi connectivity index (χ0v) is 11.6. The van der Waals surface area contributed by atoms with Crippen molar-refractivity contribution in [3.05, 3.63) is 16.9 Å². The first-order valence-corrected chi connectivity index (χ1v) is 7.85. The van der Waals surface area contributed by atoms with Gasteiger partial charge >= 0.3 is 5.97 Å². The Balaban J connectivity index is 1.67. The predicted molar refractivity (Wildman–Crippen MR) is 69.5 cm³/mol. The molecular formula is C10H9N3O2S3. The van der Waals surface area contributed by atoms with Crippen molar-refractivity contribution < 1.29 is 9.90 Å². The molecule has 0 spiro atoms. The second kappa shape index (κ2) is 4.94. The Hall–Kier alpha value is -0.990. The highest BCUT2D eigenvalue weighted by atomic mass is 32.2. The van der Waals surface area contributed by atoms with Crippen LogP contribution < -0.4 is 0 Å². The fraction of sp³-hybridized carbons (Fsp3) is 0.400. The standard InChI is InChI=1S/C10H9N3O2S3/c14-7(15)3-6-4-16-9(11-6)17-10-12-8(13-18-10)5-1-2-5/h4-5H,1-3H2,(H,14,15). The summed E-state index contributed by atoms with van der Waals surface area (Å²) in [7, 11) is 0. The topological polar surface area (TPSA) is 76.0 Å². The molecule has 2 aromatic heterocycles. The van der Waals surface area contributed by atoms with Crippen LogP contribution in [-0.2, 0) is 11.2 Å². The average molecular weight is 299 g/mol. The van der Waals surface area contributed by atoms with Crippen LogP contribution in [0.3, 0.4) is 0 Å². The molecule has 0 aromatic carbocycles. The monoisotopic (exact) mass is 299 g/mol. The van der Waals surface area contributed by atoms with Crippen molar-refractivity contribution in [2.75, 3.05) is 0 Å². The van der Waals surface area contributed by atoms with Crippen LogP contribution in [0.1, 0.15) is 30.3 Å². The van der Waals surface area contributed by atoms with Gasteiger partial charge in [0, 0.05) is 11.3 Å². The Morgan fingerprint density at radius 3 is 3.00 bits per heavy atom. The summed E-state index contributed by atoms with van der Waals surface area (Å²) in [4.78, 5) is 19.3. The molecule has 0 amide bonds. The van der Waals surface area contributed by atoms with Crippen LogP contribution >= 0.6 is 34.6 Å². The highest BCUT2D eigenvalue weighted by Gasteiger charge is 2.28. The molecule has 1 fully saturated rings. The van der Waals surface area contributed by atoms with Crippen LogP contribution in [0.5, 0.6) is 0 Å². The van der Waals surface area contributed by atoms with Gasteiger partial charge < -0.3 is 5.11 Å². The van der Waals surface area contributed by atoms with E-state index < -0.39 is 5.97 Å². The maximum atomic E-state index is 10.6. The number of hydrogen-bond acceptors (Lipinski definition) is 7. The van der Waals surface area contributed by atoms with Crippen molar-refractivity contribution in [3.8, 4) is 0 Å². The number of nitrogens with zero attached hydrogens (tertiary/aromatic N) is 3. The molecule has 8 heteroatoms. The lowest BCUT2D eigenvalue weighted by Crippen LogP contribution is -1.99. The Morgan fingerprint density at radius 1 is 1.44 bits per heavy atom. The summed E-state index contributed by atoms with van der Waals surface area (Å²) in [6.07, 6.45) is 2.36. The van der Waals surface area contributed by atoms with Gasteiger partial charge in [-0.2, -0.15) is 4.37 Å². The Labute approximate surface area is 115 Å². The van der Waals surface area contributed by atoms with Crippen LogP contribution in [0.2, 0.25) is 0 Å². The van der Waals surface area contributed by atoms with E-state index in [1.54, 1.807) is 5.38 Å². The molecular weight excluding hydrogens is 290 g/mol. The Kier molecular flexibility index (Phi) is 3.31. The summed E-state index contributed by atoms with van der Waals surface area (Å²) in [5.41, 5.74) is 0.599. The largest absolute Gasteiger partial charge is 0.481 e. The smallest absolute Gasteiger partial charge is 0.309 e. The van der Waals surface area contributed by atoms with Gasteiger partial charge in [-0.3, -0.25) is 4.79 Å². The first-order chi connectivity index (χ1) is 8.70. The molecule has 1 saturated carbocycles. The van der Waals surface area contributed by atoms with Crippen LogP contribution in [0.4, 0.5) is 0 Å². The molecule has 0 bridgehead atoms. The Bertz CT molecular complexity index is 576. The Morgan fingerprint density at radius 2 is 2.28 bits per heavy atom. The van der Waals surface area contributed by atoms with E-state index in [1.165, 1.54) is 47.5 Å². The van der Waals surface area contributed by atoms with Gasteiger partial charge in [0.1, 0.15) is 5.82 Å². The summed E-state index contributed by atoms with van der Waals surface area (Å²) < 4.78 is 6.03. The molecule has 1 aliphatic carbocycles. The minimum Gasteiger partial charge on any atom is -0.481 e. The number of aromatic nitrogens is 3. The second-order valence-corrected chi connectivity index (χ2v) is 7.07. The molecule has 0 radical (unpaired) electrons. The van der Waals surface area contributed by atoms with Gasteiger partial charge in [0.05, 0.1) is 12.1 Å². The first-order valence-electron chi connectivity index (χ1n) is 5.38. The molecule has 3 rings (SSSR count). The molecule has 1 aliphatic rings. The van der Waals surface area contributed by atoms with Crippen molar-refractivity contribution in [2.45, 2.75) is 33.9 Å². The average Bonchev–Trinajstić information content (AvgIpc) is 2.92. The second-order valence-electron chi connectivity index (χ2n) is 3.97. The van der Waals surface area contributed by atoms with Gasteiger partial charge in [0.15, 0.2) is 8.68 Å². The summed E-state index contributed by atoms with van der Waals surface area (Å²) in [5, 5.41) is 10.5.